The molecule has 0 radical (unpaired) electrons. The van der Waals surface area contributed by atoms with Crippen molar-refractivity contribution in [2.75, 3.05) is 47.7 Å². The van der Waals surface area contributed by atoms with Crippen molar-refractivity contribution in [1.29, 1.82) is 0 Å². The third kappa shape index (κ3) is 11.2. The zero-order chi connectivity index (χ0) is 12.9. The van der Waals surface area contributed by atoms with Crippen LogP contribution >= 0.6 is 60.5 Å². The second-order valence-corrected chi connectivity index (χ2v) is 8.12. The maximum Gasteiger partial charge on any atom is 0.0558 e. The second kappa shape index (κ2) is 14.1. The van der Waals surface area contributed by atoms with Gasteiger partial charge in [0.05, 0.1) is 13.2 Å². The van der Waals surface area contributed by atoms with Gasteiger partial charge in [-0.15, -0.1) is 0 Å². The first-order chi connectivity index (χ1) is 8.28. The van der Waals surface area contributed by atoms with Crippen LogP contribution < -0.4 is 0 Å². The second-order valence-electron chi connectivity index (χ2n) is 3.34. The molecule has 104 valence electrons. The summed E-state index contributed by atoms with van der Waals surface area (Å²) in [4.78, 5) is 0. The Balaban J connectivity index is 3.69. The predicted octanol–water partition coefficient (Wildman–Crippen LogP) is 1.77. The summed E-state index contributed by atoms with van der Waals surface area (Å²) in [5.74, 6) is 5.56. The molecule has 2 nitrogen and oxygen atoms in total. The number of aliphatic hydroxyl groups is 2. The van der Waals surface area contributed by atoms with E-state index < -0.39 is 0 Å². The first-order valence-electron chi connectivity index (χ1n) is 5.52. The van der Waals surface area contributed by atoms with E-state index in [-0.39, 0.29) is 23.7 Å². The molecule has 0 aliphatic heterocycles. The Morgan fingerprint density at radius 1 is 0.824 bits per heavy atom. The van der Waals surface area contributed by atoms with Crippen LogP contribution in [0.5, 0.6) is 0 Å². The van der Waals surface area contributed by atoms with E-state index in [9.17, 15) is 10.2 Å². The van der Waals surface area contributed by atoms with Gasteiger partial charge in [0.15, 0.2) is 0 Å². The molecule has 0 aliphatic rings. The van der Waals surface area contributed by atoms with Crippen molar-refractivity contribution < 1.29 is 10.2 Å². The van der Waals surface area contributed by atoms with Crippen LogP contribution in [0.4, 0.5) is 0 Å². The monoisotopic (exact) mass is 334 g/mol. The molecule has 0 aromatic rings. The summed E-state index contributed by atoms with van der Waals surface area (Å²) in [6.45, 7) is 0.410. The van der Waals surface area contributed by atoms with Gasteiger partial charge in [-0.05, 0) is 11.5 Å². The van der Waals surface area contributed by atoms with Gasteiger partial charge in [0.25, 0.3) is 0 Å². The molecule has 0 amide bonds. The summed E-state index contributed by atoms with van der Waals surface area (Å²) >= 11 is 13.6. The summed E-state index contributed by atoms with van der Waals surface area (Å²) < 4.78 is 0. The van der Waals surface area contributed by atoms with Gasteiger partial charge < -0.3 is 10.2 Å². The summed E-state index contributed by atoms with van der Waals surface area (Å²) in [5.41, 5.74) is 0. The lowest BCUT2D eigenvalue weighted by atomic mass is 10.5. The van der Waals surface area contributed by atoms with E-state index >= 15 is 0 Å². The number of thioether (sulfide) groups is 3. The maximum atomic E-state index is 9.25. The topological polar surface area (TPSA) is 40.5 Å². The molecule has 0 fully saturated rings. The van der Waals surface area contributed by atoms with Crippen molar-refractivity contribution in [2.24, 2.45) is 0 Å². The van der Waals surface area contributed by atoms with Gasteiger partial charge in [-0.3, -0.25) is 0 Å². The van der Waals surface area contributed by atoms with Gasteiger partial charge in [-0.25, -0.2) is 0 Å². The minimum atomic E-state index is 0.202. The highest BCUT2D eigenvalue weighted by Gasteiger charge is 2.13. The summed E-state index contributed by atoms with van der Waals surface area (Å²) in [5, 5.41) is 19.0. The molecule has 0 aromatic heterocycles. The van der Waals surface area contributed by atoms with E-state index in [1.807, 2.05) is 11.8 Å². The van der Waals surface area contributed by atoms with E-state index in [2.05, 4.69) is 25.3 Å². The van der Waals surface area contributed by atoms with E-state index in [1.54, 1.807) is 23.5 Å². The smallest absolute Gasteiger partial charge is 0.0558 e. The van der Waals surface area contributed by atoms with Gasteiger partial charge in [0, 0.05) is 33.5 Å². The molecule has 0 rings (SSSR count). The van der Waals surface area contributed by atoms with Gasteiger partial charge in [-0.1, -0.05) is 0 Å². The lowest BCUT2D eigenvalue weighted by Gasteiger charge is -2.17. The molecule has 0 aliphatic carbocycles. The average molecular weight is 335 g/mol. The SMILES string of the molecule is OCC(CSCCS)SCC(CO)SCCS. The zero-order valence-electron chi connectivity index (χ0n) is 9.83. The van der Waals surface area contributed by atoms with E-state index in [0.717, 1.165) is 34.5 Å². The van der Waals surface area contributed by atoms with Crippen LogP contribution in [0.15, 0.2) is 0 Å². The standard InChI is InChI=1S/C10H22O2S5/c11-5-9(7-15-3-1-13)17-8-10(6-12)16-4-2-14/h9-14H,1-8H2. The number of thiol groups is 2. The molecule has 17 heavy (non-hydrogen) atoms. The molecular weight excluding hydrogens is 312 g/mol. The number of hydrogen-bond donors (Lipinski definition) is 4. The van der Waals surface area contributed by atoms with Crippen molar-refractivity contribution in [3.05, 3.63) is 0 Å². The van der Waals surface area contributed by atoms with Crippen LogP contribution in [0.1, 0.15) is 0 Å². The minimum absolute atomic E-state index is 0.202. The third-order valence-corrected chi connectivity index (χ3v) is 7.12. The molecule has 0 aromatic carbocycles. The largest absolute Gasteiger partial charge is 0.395 e. The quantitative estimate of drug-likeness (QED) is 0.323. The van der Waals surface area contributed by atoms with Crippen LogP contribution in [0.25, 0.3) is 0 Å². The van der Waals surface area contributed by atoms with Gasteiger partial charge in [-0.2, -0.15) is 60.5 Å². The van der Waals surface area contributed by atoms with Gasteiger partial charge in [0.1, 0.15) is 0 Å². The number of rotatable bonds is 12. The van der Waals surface area contributed by atoms with Crippen molar-refractivity contribution >= 4 is 60.5 Å². The van der Waals surface area contributed by atoms with Crippen molar-refractivity contribution in [3.8, 4) is 0 Å². The lowest BCUT2D eigenvalue weighted by Crippen LogP contribution is -2.19. The molecule has 0 saturated heterocycles. The first-order valence-corrected chi connectivity index (χ1v) is 10.0. The highest BCUT2D eigenvalue weighted by molar-refractivity contribution is 8.05. The number of hydrogen-bond acceptors (Lipinski definition) is 7. The van der Waals surface area contributed by atoms with Crippen LogP contribution in [0.3, 0.4) is 0 Å². The summed E-state index contributed by atoms with van der Waals surface area (Å²) in [6.07, 6.45) is 0. The lowest BCUT2D eigenvalue weighted by molar-refractivity contribution is 0.297. The van der Waals surface area contributed by atoms with Crippen molar-refractivity contribution in [3.63, 3.8) is 0 Å². The molecule has 2 atom stereocenters. The molecule has 0 heterocycles. The normalized spacial score (nSPS) is 14.8. The molecule has 0 spiro atoms. The molecular formula is C10H22O2S5. The van der Waals surface area contributed by atoms with Crippen LogP contribution in [0.2, 0.25) is 0 Å². The molecule has 7 heteroatoms. The summed E-state index contributed by atoms with van der Waals surface area (Å²) in [6, 6.07) is 0. The fraction of sp³-hybridized carbons (Fsp3) is 1.00. The Morgan fingerprint density at radius 2 is 1.41 bits per heavy atom. The fourth-order valence-electron chi connectivity index (χ4n) is 1.05. The highest BCUT2D eigenvalue weighted by Crippen LogP contribution is 2.22. The van der Waals surface area contributed by atoms with Crippen molar-refractivity contribution in [2.45, 2.75) is 10.5 Å². The maximum absolute atomic E-state index is 9.25. The molecule has 0 saturated carbocycles. The molecule has 0 bridgehead atoms. The van der Waals surface area contributed by atoms with Crippen LogP contribution in [0, 0.1) is 0 Å². The van der Waals surface area contributed by atoms with E-state index in [4.69, 9.17) is 0 Å². The van der Waals surface area contributed by atoms with Gasteiger partial charge in [0.2, 0.25) is 0 Å². The first kappa shape index (κ1) is 18.7. The fourth-order valence-corrected chi connectivity index (χ4v) is 4.95. The predicted molar refractivity (Wildman–Crippen MR) is 91.7 cm³/mol. The van der Waals surface area contributed by atoms with Crippen molar-refractivity contribution in [1.82, 2.24) is 0 Å². The number of aliphatic hydroxyl groups excluding tert-OH is 2. The minimum Gasteiger partial charge on any atom is -0.395 e. The third-order valence-electron chi connectivity index (χ3n) is 1.91. The Bertz CT molecular complexity index is 162. The Kier molecular flexibility index (Phi) is 15.5. The van der Waals surface area contributed by atoms with Crippen LogP contribution in [-0.4, -0.2) is 68.4 Å². The Hall–Kier alpha value is 1.67. The average Bonchev–Trinajstić information content (AvgIpc) is 2.36. The molecule has 2 unspecified atom stereocenters. The van der Waals surface area contributed by atoms with Gasteiger partial charge >= 0.3 is 0 Å². The Morgan fingerprint density at radius 3 is 1.94 bits per heavy atom. The Labute approximate surface area is 128 Å². The summed E-state index contributed by atoms with van der Waals surface area (Å²) in [7, 11) is 0. The zero-order valence-corrected chi connectivity index (χ0v) is 14.1. The van der Waals surface area contributed by atoms with Crippen LogP contribution in [-0.2, 0) is 0 Å². The van der Waals surface area contributed by atoms with E-state index in [0.29, 0.717) is 0 Å². The highest BCUT2D eigenvalue weighted by atomic mass is 32.2. The van der Waals surface area contributed by atoms with E-state index in [1.165, 1.54) is 0 Å². The molecule has 2 N–H and O–H groups in total.